The summed E-state index contributed by atoms with van der Waals surface area (Å²) in [4.78, 5) is 11.0. The molecule has 0 saturated heterocycles. The van der Waals surface area contributed by atoms with Gasteiger partial charge in [0, 0.05) is 30.7 Å². The SMILES string of the molecule is Cn1cc(C(=O)O)c(-c2ccc(N)cc2)c1. The van der Waals surface area contributed by atoms with Crippen LogP contribution in [0.2, 0.25) is 0 Å². The number of nitrogens with two attached hydrogens (primary N) is 1. The van der Waals surface area contributed by atoms with Gasteiger partial charge < -0.3 is 15.4 Å². The maximum atomic E-state index is 11.0. The smallest absolute Gasteiger partial charge is 0.337 e. The molecule has 0 aliphatic carbocycles. The molecule has 2 rings (SSSR count). The van der Waals surface area contributed by atoms with Crippen LogP contribution >= 0.6 is 0 Å². The summed E-state index contributed by atoms with van der Waals surface area (Å²) in [6, 6.07) is 7.15. The normalized spacial score (nSPS) is 10.3. The summed E-state index contributed by atoms with van der Waals surface area (Å²) in [5, 5.41) is 9.06. The summed E-state index contributed by atoms with van der Waals surface area (Å²) in [6.45, 7) is 0. The molecule has 4 nitrogen and oxygen atoms in total. The topological polar surface area (TPSA) is 68.2 Å². The molecule has 3 N–H and O–H groups in total. The van der Waals surface area contributed by atoms with E-state index in [1.54, 1.807) is 36.1 Å². The first-order valence-corrected chi connectivity index (χ1v) is 4.83. The van der Waals surface area contributed by atoms with Gasteiger partial charge in [0.1, 0.15) is 0 Å². The van der Waals surface area contributed by atoms with Gasteiger partial charge in [-0.15, -0.1) is 0 Å². The first kappa shape index (κ1) is 10.3. The molecule has 2 aromatic rings. The summed E-state index contributed by atoms with van der Waals surface area (Å²) in [6.07, 6.45) is 3.38. The summed E-state index contributed by atoms with van der Waals surface area (Å²) < 4.78 is 1.73. The van der Waals surface area contributed by atoms with E-state index in [0.717, 1.165) is 5.56 Å². The molecule has 1 aromatic heterocycles. The molecule has 0 unspecified atom stereocenters. The fraction of sp³-hybridized carbons (Fsp3) is 0.0833. The van der Waals surface area contributed by atoms with Crippen molar-refractivity contribution in [2.24, 2.45) is 7.05 Å². The van der Waals surface area contributed by atoms with Crippen LogP contribution < -0.4 is 5.73 Å². The highest BCUT2D eigenvalue weighted by atomic mass is 16.4. The van der Waals surface area contributed by atoms with Crippen molar-refractivity contribution >= 4 is 11.7 Å². The Kier molecular flexibility index (Phi) is 2.40. The van der Waals surface area contributed by atoms with Crippen LogP contribution in [0, 0.1) is 0 Å². The predicted octanol–water partition coefficient (Wildman–Crippen LogP) is 1.97. The van der Waals surface area contributed by atoms with Crippen molar-refractivity contribution in [2.45, 2.75) is 0 Å². The second-order valence-electron chi connectivity index (χ2n) is 3.68. The zero-order valence-electron chi connectivity index (χ0n) is 8.84. The fourth-order valence-electron chi connectivity index (χ4n) is 1.65. The van der Waals surface area contributed by atoms with Crippen LogP contribution in [0.3, 0.4) is 0 Å². The van der Waals surface area contributed by atoms with E-state index < -0.39 is 5.97 Å². The molecular weight excluding hydrogens is 204 g/mol. The molecule has 0 amide bonds. The number of hydrogen-bond acceptors (Lipinski definition) is 2. The number of rotatable bonds is 2. The Balaban J connectivity index is 2.55. The Morgan fingerprint density at radius 1 is 1.25 bits per heavy atom. The molecule has 0 radical (unpaired) electrons. The number of anilines is 1. The first-order chi connectivity index (χ1) is 7.58. The minimum atomic E-state index is -0.924. The van der Waals surface area contributed by atoms with Crippen LogP contribution in [-0.4, -0.2) is 15.6 Å². The second kappa shape index (κ2) is 3.73. The highest BCUT2D eigenvalue weighted by Gasteiger charge is 2.13. The number of benzene rings is 1. The van der Waals surface area contributed by atoms with Gasteiger partial charge in [-0.2, -0.15) is 0 Å². The third-order valence-corrected chi connectivity index (χ3v) is 2.41. The molecule has 1 heterocycles. The van der Waals surface area contributed by atoms with Crippen molar-refractivity contribution in [3.63, 3.8) is 0 Å². The van der Waals surface area contributed by atoms with Crippen LogP contribution in [0.15, 0.2) is 36.7 Å². The van der Waals surface area contributed by atoms with Crippen molar-refractivity contribution in [1.82, 2.24) is 4.57 Å². The van der Waals surface area contributed by atoms with Crippen LogP contribution in [0.5, 0.6) is 0 Å². The van der Waals surface area contributed by atoms with E-state index in [1.807, 2.05) is 12.1 Å². The zero-order chi connectivity index (χ0) is 11.7. The van der Waals surface area contributed by atoms with Gasteiger partial charge in [-0.25, -0.2) is 4.79 Å². The van der Waals surface area contributed by atoms with Crippen LogP contribution in [0.1, 0.15) is 10.4 Å². The molecule has 0 aliphatic rings. The lowest BCUT2D eigenvalue weighted by Crippen LogP contribution is -1.96. The standard InChI is InChI=1S/C12H12N2O2/c1-14-6-10(11(7-14)12(15)16)8-2-4-9(13)5-3-8/h2-7H,13H2,1H3,(H,15,16). The van der Waals surface area contributed by atoms with Crippen LogP contribution in [0.25, 0.3) is 11.1 Å². The summed E-state index contributed by atoms with van der Waals surface area (Å²) >= 11 is 0. The number of aromatic nitrogens is 1. The van der Waals surface area contributed by atoms with Crippen molar-refractivity contribution < 1.29 is 9.90 Å². The Bertz CT molecular complexity index is 526. The molecule has 0 saturated carbocycles. The van der Waals surface area contributed by atoms with Crippen LogP contribution in [0.4, 0.5) is 5.69 Å². The van der Waals surface area contributed by atoms with Crippen molar-refractivity contribution in [3.8, 4) is 11.1 Å². The zero-order valence-corrected chi connectivity index (χ0v) is 8.84. The molecule has 0 spiro atoms. The quantitative estimate of drug-likeness (QED) is 0.754. The van der Waals surface area contributed by atoms with Gasteiger partial charge in [-0.3, -0.25) is 0 Å². The minimum absolute atomic E-state index is 0.298. The van der Waals surface area contributed by atoms with Gasteiger partial charge in [-0.1, -0.05) is 12.1 Å². The van der Waals surface area contributed by atoms with E-state index in [9.17, 15) is 4.79 Å². The highest BCUT2D eigenvalue weighted by Crippen LogP contribution is 2.25. The molecule has 0 atom stereocenters. The fourth-order valence-corrected chi connectivity index (χ4v) is 1.65. The van der Waals surface area contributed by atoms with Crippen molar-refractivity contribution in [2.75, 3.05) is 5.73 Å². The Labute approximate surface area is 92.9 Å². The number of aromatic carboxylic acids is 1. The third kappa shape index (κ3) is 1.77. The van der Waals surface area contributed by atoms with E-state index >= 15 is 0 Å². The summed E-state index contributed by atoms with van der Waals surface area (Å²) in [5.74, 6) is -0.924. The number of carboxylic acid groups (broad SMARTS) is 1. The van der Waals surface area contributed by atoms with E-state index in [1.165, 1.54) is 0 Å². The maximum Gasteiger partial charge on any atom is 0.337 e. The van der Waals surface area contributed by atoms with Gasteiger partial charge in [0.15, 0.2) is 0 Å². The number of nitrogen functional groups attached to an aromatic ring is 1. The van der Waals surface area contributed by atoms with E-state index in [2.05, 4.69) is 0 Å². The average Bonchev–Trinajstić information content (AvgIpc) is 2.61. The van der Waals surface area contributed by atoms with Gasteiger partial charge >= 0.3 is 5.97 Å². The molecule has 82 valence electrons. The number of aryl methyl sites for hydroxylation is 1. The minimum Gasteiger partial charge on any atom is -0.478 e. The Morgan fingerprint density at radius 2 is 1.88 bits per heavy atom. The number of nitrogens with zero attached hydrogens (tertiary/aromatic N) is 1. The summed E-state index contributed by atoms with van der Waals surface area (Å²) in [5.41, 5.74) is 8.11. The molecule has 16 heavy (non-hydrogen) atoms. The molecule has 0 bridgehead atoms. The third-order valence-electron chi connectivity index (χ3n) is 2.41. The highest BCUT2D eigenvalue weighted by molar-refractivity contribution is 5.96. The molecule has 4 heteroatoms. The molecule has 0 aliphatic heterocycles. The Hall–Kier alpha value is -2.23. The van der Waals surface area contributed by atoms with Crippen molar-refractivity contribution in [3.05, 3.63) is 42.2 Å². The molecular formula is C12H12N2O2. The largest absolute Gasteiger partial charge is 0.478 e. The number of carboxylic acids is 1. The van der Waals surface area contributed by atoms with Gasteiger partial charge in [0.2, 0.25) is 0 Å². The molecule has 1 aromatic carbocycles. The van der Waals surface area contributed by atoms with E-state index in [-0.39, 0.29) is 0 Å². The lowest BCUT2D eigenvalue weighted by atomic mass is 10.0. The van der Waals surface area contributed by atoms with E-state index in [0.29, 0.717) is 16.8 Å². The van der Waals surface area contributed by atoms with Gasteiger partial charge in [0.25, 0.3) is 0 Å². The van der Waals surface area contributed by atoms with Crippen molar-refractivity contribution in [1.29, 1.82) is 0 Å². The molecule has 0 fully saturated rings. The predicted molar refractivity (Wildman–Crippen MR) is 62.2 cm³/mol. The van der Waals surface area contributed by atoms with E-state index in [4.69, 9.17) is 10.8 Å². The lowest BCUT2D eigenvalue weighted by molar-refractivity contribution is 0.0697. The van der Waals surface area contributed by atoms with Crippen LogP contribution in [-0.2, 0) is 7.05 Å². The second-order valence-corrected chi connectivity index (χ2v) is 3.68. The monoisotopic (exact) mass is 216 g/mol. The Morgan fingerprint density at radius 3 is 2.44 bits per heavy atom. The van der Waals surface area contributed by atoms with Gasteiger partial charge in [-0.05, 0) is 17.7 Å². The summed E-state index contributed by atoms with van der Waals surface area (Å²) in [7, 11) is 1.80. The first-order valence-electron chi connectivity index (χ1n) is 4.83. The number of carbonyl (C=O) groups is 1. The average molecular weight is 216 g/mol. The maximum absolute atomic E-state index is 11.0. The lowest BCUT2D eigenvalue weighted by Gasteiger charge is -2.00. The number of hydrogen-bond donors (Lipinski definition) is 2. The van der Waals surface area contributed by atoms with Gasteiger partial charge in [0.05, 0.1) is 5.56 Å².